The maximum atomic E-state index is 9.27. The second kappa shape index (κ2) is 3.14. The Balaban J connectivity index is 2.31. The Kier molecular flexibility index (Phi) is 2.64. The summed E-state index contributed by atoms with van der Waals surface area (Å²) >= 11 is 0. The van der Waals surface area contributed by atoms with Gasteiger partial charge in [-0.15, -0.1) is 0 Å². The molecular formula is C6H14O3P. The zero-order chi connectivity index (χ0) is 7.61. The van der Waals surface area contributed by atoms with E-state index in [-0.39, 0.29) is 0 Å². The normalized spacial score (nSPS) is 29.9. The van der Waals surface area contributed by atoms with Crippen molar-refractivity contribution in [2.45, 2.75) is 13.3 Å². The molecule has 1 fully saturated rings. The van der Waals surface area contributed by atoms with E-state index in [2.05, 4.69) is 6.92 Å². The molecule has 0 atom stereocenters. The third-order valence-corrected chi connectivity index (χ3v) is 2.95. The predicted molar refractivity (Wildman–Crippen MR) is 41.9 cm³/mol. The molecule has 0 aromatic rings. The average Bonchev–Trinajstić information content (AvgIpc) is 1.88. The molecule has 10 heavy (non-hydrogen) atoms. The SMILES string of the molecule is CC[C]1CO[PH](C)(O)OC1. The van der Waals surface area contributed by atoms with Gasteiger partial charge in [-0.1, -0.05) is 0 Å². The van der Waals surface area contributed by atoms with E-state index >= 15 is 0 Å². The van der Waals surface area contributed by atoms with E-state index in [1.165, 1.54) is 5.92 Å². The molecular weight excluding hydrogens is 151 g/mol. The summed E-state index contributed by atoms with van der Waals surface area (Å²) in [6.07, 6.45) is 0.977. The molecule has 1 rings (SSSR count). The molecule has 1 aliphatic rings. The van der Waals surface area contributed by atoms with Crippen LogP contribution in [0.15, 0.2) is 0 Å². The number of rotatable bonds is 1. The summed E-state index contributed by atoms with van der Waals surface area (Å²) in [4.78, 5) is 9.27. The number of hydrogen-bond donors (Lipinski definition) is 1. The molecule has 0 aromatic heterocycles. The topological polar surface area (TPSA) is 38.7 Å². The van der Waals surface area contributed by atoms with Gasteiger partial charge in [-0.25, -0.2) is 0 Å². The van der Waals surface area contributed by atoms with Crippen molar-refractivity contribution in [3.8, 4) is 0 Å². The van der Waals surface area contributed by atoms with Crippen LogP contribution < -0.4 is 0 Å². The molecule has 1 N–H and O–H groups in total. The molecule has 61 valence electrons. The average molecular weight is 165 g/mol. The van der Waals surface area contributed by atoms with Crippen molar-refractivity contribution < 1.29 is 13.9 Å². The Labute approximate surface area is 61.9 Å². The zero-order valence-corrected chi connectivity index (χ0v) is 7.39. The van der Waals surface area contributed by atoms with Crippen LogP contribution in [0.3, 0.4) is 0 Å². The van der Waals surface area contributed by atoms with E-state index in [9.17, 15) is 4.89 Å². The van der Waals surface area contributed by atoms with E-state index in [1.807, 2.05) is 0 Å². The van der Waals surface area contributed by atoms with Crippen molar-refractivity contribution in [3.63, 3.8) is 0 Å². The Morgan fingerprint density at radius 2 is 2.00 bits per heavy atom. The summed E-state index contributed by atoms with van der Waals surface area (Å²) in [5, 5.41) is 0. The molecule has 1 radical (unpaired) electrons. The van der Waals surface area contributed by atoms with Crippen LogP contribution in [0.4, 0.5) is 0 Å². The first-order valence-electron chi connectivity index (χ1n) is 3.48. The summed E-state index contributed by atoms with van der Waals surface area (Å²) in [5.74, 6) is 1.22. The van der Waals surface area contributed by atoms with Crippen LogP contribution in [0.2, 0.25) is 0 Å². The van der Waals surface area contributed by atoms with Gasteiger partial charge in [-0.2, -0.15) is 0 Å². The first-order chi connectivity index (χ1) is 4.64. The first kappa shape index (κ1) is 8.41. The van der Waals surface area contributed by atoms with E-state index in [0.717, 1.165) is 6.42 Å². The van der Waals surface area contributed by atoms with Crippen molar-refractivity contribution in [2.75, 3.05) is 19.9 Å². The van der Waals surface area contributed by atoms with Crippen LogP contribution in [0.5, 0.6) is 0 Å². The van der Waals surface area contributed by atoms with Gasteiger partial charge in [-0.3, -0.25) is 0 Å². The Morgan fingerprint density at radius 3 is 2.40 bits per heavy atom. The van der Waals surface area contributed by atoms with E-state index in [0.29, 0.717) is 13.2 Å². The van der Waals surface area contributed by atoms with Crippen molar-refractivity contribution in [1.82, 2.24) is 0 Å². The van der Waals surface area contributed by atoms with Gasteiger partial charge in [0, 0.05) is 0 Å². The third-order valence-electron chi connectivity index (χ3n) is 1.59. The molecule has 3 nitrogen and oxygen atoms in total. The number of hydrogen-bond acceptors (Lipinski definition) is 3. The summed E-state index contributed by atoms with van der Waals surface area (Å²) < 4.78 is 10.2. The second-order valence-electron chi connectivity index (χ2n) is 2.58. The Morgan fingerprint density at radius 1 is 1.50 bits per heavy atom. The van der Waals surface area contributed by atoms with Gasteiger partial charge in [-0.05, 0) is 0 Å². The first-order valence-corrected chi connectivity index (χ1v) is 5.74. The molecule has 0 unspecified atom stereocenters. The predicted octanol–water partition coefficient (Wildman–Crippen LogP) is 1.13. The summed E-state index contributed by atoms with van der Waals surface area (Å²) in [5.41, 5.74) is 0. The summed E-state index contributed by atoms with van der Waals surface area (Å²) in [6, 6.07) is 0. The molecule has 0 aromatic carbocycles. The molecule has 1 aliphatic heterocycles. The molecule has 0 amide bonds. The van der Waals surface area contributed by atoms with Gasteiger partial charge >= 0.3 is 61.0 Å². The van der Waals surface area contributed by atoms with Crippen LogP contribution in [-0.2, 0) is 9.05 Å². The zero-order valence-electron chi connectivity index (χ0n) is 6.39. The Bertz CT molecular complexity index is 106. The van der Waals surface area contributed by atoms with Gasteiger partial charge < -0.3 is 0 Å². The van der Waals surface area contributed by atoms with Crippen LogP contribution in [-0.4, -0.2) is 24.8 Å². The molecule has 1 saturated heterocycles. The second-order valence-corrected chi connectivity index (χ2v) is 4.95. The Hall–Kier alpha value is 0.310. The fourth-order valence-corrected chi connectivity index (χ4v) is 1.79. The van der Waals surface area contributed by atoms with Crippen LogP contribution in [0, 0.1) is 5.92 Å². The van der Waals surface area contributed by atoms with Crippen LogP contribution in [0.1, 0.15) is 13.3 Å². The van der Waals surface area contributed by atoms with E-state index in [4.69, 9.17) is 9.05 Å². The third kappa shape index (κ3) is 2.17. The van der Waals surface area contributed by atoms with Crippen molar-refractivity contribution in [1.29, 1.82) is 0 Å². The minimum atomic E-state index is -2.67. The molecule has 1 heterocycles. The van der Waals surface area contributed by atoms with Crippen molar-refractivity contribution in [2.24, 2.45) is 0 Å². The fourth-order valence-electron chi connectivity index (χ4n) is 0.759. The summed E-state index contributed by atoms with van der Waals surface area (Å²) in [6.45, 7) is 4.86. The molecule has 4 heteroatoms. The molecule has 0 saturated carbocycles. The van der Waals surface area contributed by atoms with E-state index in [1.54, 1.807) is 6.66 Å². The van der Waals surface area contributed by atoms with Gasteiger partial charge in [0.1, 0.15) is 0 Å². The summed E-state index contributed by atoms with van der Waals surface area (Å²) in [7, 11) is -2.67. The molecule has 0 spiro atoms. The molecule has 0 bridgehead atoms. The van der Waals surface area contributed by atoms with Crippen molar-refractivity contribution >= 4 is 7.94 Å². The van der Waals surface area contributed by atoms with E-state index < -0.39 is 7.94 Å². The maximum absolute atomic E-state index is 9.27. The van der Waals surface area contributed by atoms with Crippen LogP contribution >= 0.6 is 7.94 Å². The van der Waals surface area contributed by atoms with Crippen LogP contribution in [0.25, 0.3) is 0 Å². The molecule has 0 aliphatic carbocycles. The van der Waals surface area contributed by atoms with Gasteiger partial charge in [0.05, 0.1) is 0 Å². The fraction of sp³-hybridized carbons (Fsp3) is 0.833. The monoisotopic (exact) mass is 165 g/mol. The quantitative estimate of drug-likeness (QED) is 0.592. The van der Waals surface area contributed by atoms with Gasteiger partial charge in [0.15, 0.2) is 0 Å². The van der Waals surface area contributed by atoms with Gasteiger partial charge in [0.2, 0.25) is 0 Å². The standard InChI is InChI=1S/C6H14O3P/c1-3-6-4-8-10(2,7)9-5-6/h7,10H,3-5H2,1-2H3. The van der Waals surface area contributed by atoms with Gasteiger partial charge in [0.25, 0.3) is 0 Å². The minimum absolute atomic E-state index is 0.579. The van der Waals surface area contributed by atoms with Crippen molar-refractivity contribution in [3.05, 3.63) is 5.92 Å².